The van der Waals surface area contributed by atoms with Crippen LogP contribution in [-0.2, 0) is 16.6 Å². The van der Waals surface area contributed by atoms with Gasteiger partial charge in [0.05, 0.1) is 17.2 Å². The van der Waals surface area contributed by atoms with E-state index in [1.807, 2.05) is 0 Å². The standard InChI is InChI=1S/C18H27N5OS2/c1-5-13-11-25-15(19-13)12-7-6-8-23(9-12)10-14(24)20-17-22-21-16(26-17)18(2,3)4/h11-12H,5-10H2,1-4H3,(H,20,22,24). The third-order valence-electron chi connectivity index (χ3n) is 4.47. The minimum atomic E-state index is -0.0498. The number of piperidine rings is 1. The van der Waals surface area contributed by atoms with Crippen molar-refractivity contribution in [2.24, 2.45) is 0 Å². The van der Waals surface area contributed by atoms with Crippen LogP contribution in [0.1, 0.15) is 62.2 Å². The number of rotatable bonds is 5. The Balaban J connectivity index is 1.54. The Morgan fingerprint density at radius 3 is 2.85 bits per heavy atom. The van der Waals surface area contributed by atoms with E-state index in [-0.39, 0.29) is 11.3 Å². The lowest BCUT2D eigenvalue weighted by atomic mass is 9.98. The second kappa shape index (κ2) is 8.10. The van der Waals surface area contributed by atoms with E-state index in [1.54, 1.807) is 11.3 Å². The summed E-state index contributed by atoms with van der Waals surface area (Å²) in [4.78, 5) is 19.4. The Morgan fingerprint density at radius 1 is 1.38 bits per heavy atom. The van der Waals surface area contributed by atoms with Crippen LogP contribution in [0.5, 0.6) is 0 Å². The molecule has 142 valence electrons. The summed E-state index contributed by atoms with van der Waals surface area (Å²) < 4.78 is 0. The predicted molar refractivity (Wildman–Crippen MR) is 107 cm³/mol. The van der Waals surface area contributed by atoms with Crippen molar-refractivity contribution in [3.63, 3.8) is 0 Å². The minimum Gasteiger partial charge on any atom is -0.299 e. The monoisotopic (exact) mass is 393 g/mol. The van der Waals surface area contributed by atoms with Gasteiger partial charge in [-0.3, -0.25) is 15.0 Å². The van der Waals surface area contributed by atoms with Crippen molar-refractivity contribution in [3.8, 4) is 0 Å². The fourth-order valence-corrected chi connectivity index (χ4v) is 4.86. The van der Waals surface area contributed by atoms with E-state index in [9.17, 15) is 4.79 Å². The Bertz CT molecular complexity index is 749. The molecule has 0 spiro atoms. The van der Waals surface area contributed by atoms with Crippen molar-refractivity contribution in [1.29, 1.82) is 0 Å². The molecule has 0 bridgehead atoms. The molecular weight excluding hydrogens is 366 g/mol. The number of likely N-dealkylation sites (tertiary alicyclic amines) is 1. The predicted octanol–water partition coefficient (Wildman–Crippen LogP) is 3.67. The largest absolute Gasteiger partial charge is 0.299 e. The summed E-state index contributed by atoms with van der Waals surface area (Å²) in [5, 5.41) is 16.1. The summed E-state index contributed by atoms with van der Waals surface area (Å²) in [6.45, 7) is 10.7. The van der Waals surface area contributed by atoms with E-state index in [4.69, 9.17) is 4.98 Å². The third kappa shape index (κ3) is 4.86. The van der Waals surface area contributed by atoms with E-state index >= 15 is 0 Å². The molecule has 0 aromatic carbocycles. The summed E-state index contributed by atoms with van der Waals surface area (Å²) >= 11 is 3.21. The minimum absolute atomic E-state index is 0.0179. The number of hydrogen-bond donors (Lipinski definition) is 1. The number of anilines is 1. The SMILES string of the molecule is CCc1csc(C2CCCN(CC(=O)Nc3nnc(C(C)(C)C)s3)C2)n1. The maximum Gasteiger partial charge on any atom is 0.240 e. The number of nitrogens with zero attached hydrogens (tertiary/aromatic N) is 4. The fourth-order valence-electron chi connectivity index (χ4n) is 3.01. The highest BCUT2D eigenvalue weighted by Crippen LogP contribution is 2.30. The molecule has 1 unspecified atom stereocenters. The van der Waals surface area contributed by atoms with Gasteiger partial charge in [0.1, 0.15) is 5.01 Å². The van der Waals surface area contributed by atoms with E-state index in [0.29, 0.717) is 17.6 Å². The van der Waals surface area contributed by atoms with Crippen LogP contribution in [-0.4, -0.2) is 45.6 Å². The lowest BCUT2D eigenvalue weighted by molar-refractivity contribution is -0.117. The summed E-state index contributed by atoms with van der Waals surface area (Å²) in [6.07, 6.45) is 3.24. The molecule has 26 heavy (non-hydrogen) atoms. The van der Waals surface area contributed by atoms with Gasteiger partial charge >= 0.3 is 0 Å². The van der Waals surface area contributed by atoms with Crippen molar-refractivity contribution in [2.75, 3.05) is 25.0 Å². The van der Waals surface area contributed by atoms with E-state index in [1.165, 1.54) is 22.0 Å². The number of aryl methyl sites for hydroxylation is 1. The van der Waals surface area contributed by atoms with E-state index in [0.717, 1.165) is 37.4 Å². The van der Waals surface area contributed by atoms with Gasteiger partial charge in [-0.15, -0.1) is 21.5 Å². The van der Waals surface area contributed by atoms with Crippen LogP contribution in [0.15, 0.2) is 5.38 Å². The Morgan fingerprint density at radius 2 is 2.19 bits per heavy atom. The molecule has 1 fully saturated rings. The molecule has 1 saturated heterocycles. The average Bonchev–Trinajstić information content (AvgIpc) is 3.23. The van der Waals surface area contributed by atoms with E-state index in [2.05, 4.69) is 53.5 Å². The normalized spacial score (nSPS) is 18.8. The lowest BCUT2D eigenvalue weighted by Gasteiger charge is -2.31. The van der Waals surface area contributed by atoms with Crippen molar-refractivity contribution in [1.82, 2.24) is 20.1 Å². The van der Waals surface area contributed by atoms with Gasteiger partial charge in [0.15, 0.2) is 0 Å². The molecule has 1 aliphatic heterocycles. The van der Waals surface area contributed by atoms with Gasteiger partial charge in [-0.05, 0) is 25.8 Å². The van der Waals surface area contributed by atoms with Gasteiger partial charge in [-0.2, -0.15) is 0 Å². The molecule has 2 aromatic heterocycles. The lowest BCUT2D eigenvalue weighted by Crippen LogP contribution is -2.39. The maximum atomic E-state index is 12.4. The summed E-state index contributed by atoms with van der Waals surface area (Å²) in [5.41, 5.74) is 1.12. The Hall–Kier alpha value is -1.38. The zero-order valence-electron chi connectivity index (χ0n) is 15.9. The van der Waals surface area contributed by atoms with Gasteiger partial charge in [0.2, 0.25) is 11.0 Å². The highest BCUT2D eigenvalue weighted by molar-refractivity contribution is 7.15. The molecule has 0 saturated carbocycles. The first-order valence-electron chi connectivity index (χ1n) is 9.15. The Labute approximate surface area is 163 Å². The maximum absolute atomic E-state index is 12.4. The molecule has 1 N–H and O–H groups in total. The van der Waals surface area contributed by atoms with Crippen LogP contribution in [0.3, 0.4) is 0 Å². The van der Waals surface area contributed by atoms with Crippen LogP contribution in [0.25, 0.3) is 0 Å². The van der Waals surface area contributed by atoms with Crippen LogP contribution in [0, 0.1) is 0 Å². The number of nitrogens with one attached hydrogen (secondary N) is 1. The molecule has 1 aliphatic rings. The van der Waals surface area contributed by atoms with E-state index < -0.39 is 0 Å². The zero-order chi connectivity index (χ0) is 18.7. The van der Waals surface area contributed by atoms with Crippen LogP contribution in [0.2, 0.25) is 0 Å². The second-order valence-corrected chi connectivity index (χ2v) is 9.68. The van der Waals surface area contributed by atoms with Gasteiger partial charge in [0.25, 0.3) is 0 Å². The van der Waals surface area contributed by atoms with Gasteiger partial charge < -0.3 is 0 Å². The molecule has 0 aliphatic carbocycles. The number of carbonyl (C=O) groups excluding carboxylic acids is 1. The first kappa shape index (κ1) is 19.4. The summed E-state index contributed by atoms with van der Waals surface area (Å²) in [7, 11) is 0. The van der Waals surface area contributed by atoms with Gasteiger partial charge in [-0.25, -0.2) is 4.98 Å². The number of thiazole rings is 1. The first-order chi connectivity index (χ1) is 12.3. The highest BCUT2D eigenvalue weighted by atomic mass is 32.1. The third-order valence-corrected chi connectivity index (χ3v) is 6.79. The van der Waals surface area contributed by atoms with Crippen LogP contribution >= 0.6 is 22.7 Å². The smallest absolute Gasteiger partial charge is 0.240 e. The summed E-state index contributed by atoms with van der Waals surface area (Å²) in [5.74, 6) is 0.423. The van der Waals surface area contributed by atoms with Gasteiger partial charge in [0, 0.05) is 23.3 Å². The molecule has 6 nitrogen and oxygen atoms in total. The zero-order valence-corrected chi connectivity index (χ0v) is 17.5. The molecular formula is C18H27N5OS2. The number of amides is 1. The van der Waals surface area contributed by atoms with Gasteiger partial charge in [-0.1, -0.05) is 39.0 Å². The Kier molecular flexibility index (Phi) is 6.04. The van der Waals surface area contributed by atoms with Crippen molar-refractivity contribution in [2.45, 2.75) is 58.3 Å². The highest BCUT2D eigenvalue weighted by Gasteiger charge is 2.25. The molecule has 3 rings (SSSR count). The van der Waals surface area contributed by atoms with Crippen molar-refractivity contribution in [3.05, 3.63) is 21.1 Å². The quantitative estimate of drug-likeness (QED) is 0.839. The molecule has 1 atom stereocenters. The number of aromatic nitrogens is 3. The second-order valence-electron chi connectivity index (χ2n) is 7.82. The van der Waals surface area contributed by atoms with Crippen molar-refractivity contribution < 1.29 is 4.79 Å². The molecule has 2 aromatic rings. The molecule has 8 heteroatoms. The first-order valence-corrected chi connectivity index (χ1v) is 10.8. The molecule has 0 radical (unpaired) electrons. The van der Waals surface area contributed by atoms with Crippen LogP contribution < -0.4 is 5.32 Å². The topological polar surface area (TPSA) is 71.0 Å². The summed E-state index contributed by atoms with van der Waals surface area (Å²) in [6, 6.07) is 0. The average molecular weight is 394 g/mol. The molecule has 1 amide bonds. The van der Waals surface area contributed by atoms with Crippen molar-refractivity contribution >= 4 is 33.7 Å². The van der Waals surface area contributed by atoms with Crippen LogP contribution in [0.4, 0.5) is 5.13 Å². The fraction of sp³-hybridized carbons (Fsp3) is 0.667. The number of carbonyl (C=O) groups is 1. The molecule has 3 heterocycles. The number of hydrogen-bond acceptors (Lipinski definition) is 7.